The van der Waals surface area contributed by atoms with Crippen molar-refractivity contribution >= 4 is 35.0 Å². The molecule has 0 aliphatic heterocycles. The van der Waals surface area contributed by atoms with E-state index in [0.717, 1.165) is 22.5 Å². The minimum absolute atomic E-state index is 0.101. The highest BCUT2D eigenvalue weighted by Gasteiger charge is 2.15. The molecule has 0 saturated carbocycles. The van der Waals surface area contributed by atoms with Crippen LogP contribution in [0.5, 0.6) is 0 Å². The van der Waals surface area contributed by atoms with Crippen molar-refractivity contribution in [3.8, 4) is 0 Å². The van der Waals surface area contributed by atoms with Crippen LogP contribution >= 0.6 is 11.8 Å². The van der Waals surface area contributed by atoms with Crippen LogP contribution in [0.15, 0.2) is 42.5 Å². The molecule has 2 rings (SSSR count). The number of rotatable bonds is 6. The molecule has 2 aromatic rings. The molecule has 2 N–H and O–H groups in total. The van der Waals surface area contributed by atoms with Crippen molar-refractivity contribution in [2.75, 3.05) is 16.4 Å². The van der Waals surface area contributed by atoms with Gasteiger partial charge in [-0.1, -0.05) is 23.8 Å². The lowest BCUT2D eigenvalue weighted by atomic mass is 10.1. The van der Waals surface area contributed by atoms with Gasteiger partial charge in [-0.3, -0.25) is 9.59 Å². The van der Waals surface area contributed by atoms with E-state index in [4.69, 9.17) is 0 Å². The fourth-order valence-corrected chi connectivity index (χ4v) is 2.86. The lowest BCUT2D eigenvalue weighted by Crippen LogP contribution is -2.25. The van der Waals surface area contributed by atoms with Crippen LogP contribution in [0, 0.1) is 20.8 Å². The summed E-state index contributed by atoms with van der Waals surface area (Å²) in [6, 6.07) is 13.5. The van der Waals surface area contributed by atoms with Crippen molar-refractivity contribution in [3.05, 3.63) is 59.2 Å². The van der Waals surface area contributed by atoms with Crippen LogP contribution in [0.3, 0.4) is 0 Å². The van der Waals surface area contributed by atoms with Crippen LogP contribution < -0.4 is 10.6 Å². The fourth-order valence-electron chi connectivity index (χ4n) is 2.17. The summed E-state index contributed by atoms with van der Waals surface area (Å²) in [6.45, 7) is 7.85. The minimum Gasteiger partial charge on any atom is -0.325 e. The maximum Gasteiger partial charge on any atom is 0.237 e. The molecule has 0 radical (unpaired) electrons. The van der Waals surface area contributed by atoms with Crippen molar-refractivity contribution in [1.82, 2.24) is 0 Å². The zero-order valence-corrected chi connectivity index (χ0v) is 15.9. The SMILES string of the molecule is Cc1ccc(NC(=O)CS[C@@H](C)C(=O)Nc2ccc(C)c(C)c2)cc1. The first kappa shape index (κ1) is 19.1. The maximum atomic E-state index is 12.3. The Morgan fingerprint density at radius 3 is 2.20 bits per heavy atom. The summed E-state index contributed by atoms with van der Waals surface area (Å²) in [4.78, 5) is 24.3. The van der Waals surface area contributed by atoms with E-state index in [1.165, 1.54) is 17.3 Å². The Bertz CT molecular complexity index is 757. The summed E-state index contributed by atoms with van der Waals surface area (Å²) in [5, 5.41) is 5.42. The van der Waals surface area contributed by atoms with E-state index in [-0.39, 0.29) is 22.8 Å². The van der Waals surface area contributed by atoms with E-state index in [1.807, 2.05) is 63.2 Å². The molecule has 132 valence electrons. The van der Waals surface area contributed by atoms with Crippen molar-refractivity contribution < 1.29 is 9.59 Å². The quantitative estimate of drug-likeness (QED) is 0.811. The van der Waals surface area contributed by atoms with E-state index >= 15 is 0 Å². The molecule has 25 heavy (non-hydrogen) atoms. The maximum absolute atomic E-state index is 12.3. The zero-order valence-electron chi connectivity index (χ0n) is 15.1. The predicted octanol–water partition coefficient (Wildman–Crippen LogP) is 4.31. The number of aryl methyl sites for hydroxylation is 3. The highest BCUT2D eigenvalue weighted by atomic mass is 32.2. The second-order valence-corrected chi connectivity index (χ2v) is 7.48. The summed E-state index contributed by atoms with van der Waals surface area (Å²) in [5.41, 5.74) is 5.01. The van der Waals surface area contributed by atoms with Gasteiger partial charge < -0.3 is 10.6 Å². The van der Waals surface area contributed by atoms with Gasteiger partial charge in [0.25, 0.3) is 0 Å². The van der Waals surface area contributed by atoms with Gasteiger partial charge in [-0.2, -0.15) is 0 Å². The molecule has 0 fully saturated rings. The number of amides is 2. The molecule has 4 nitrogen and oxygen atoms in total. The number of benzene rings is 2. The van der Waals surface area contributed by atoms with Gasteiger partial charge in [0.15, 0.2) is 0 Å². The van der Waals surface area contributed by atoms with E-state index in [2.05, 4.69) is 10.6 Å². The first-order chi connectivity index (χ1) is 11.8. The van der Waals surface area contributed by atoms with Gasteiger partial charge in [0.1, 0.15) is 0 Å². The number of anilines is 2. The Kier molecular flexibility index (Phi) is 6.65. The second kappa shape index (κ2) is 8.72. The molecule has 1 atom stereocenters. The smallest absolute Gasteiger partial charge is 0.237 e. The average Bonchev–Trinajstić information content (AvgIpc) is 2.58. The molecule has 5 heteroatoms. The van der Waals surface area contributed by atoms with Crippen LogP contribution in [0.1, 0.15) is 23.6 Å². The van der Waals surface area contributed by atoms with Gasteiger partial charge in [0.2, 0.25) is 11.8 Å². The fraction of sp³-hybridized carbons (Fsp3) is 0.300. The van der Waals surface area contributed by atoms with Crippen molar-refractivity contribution in [2.45, 2.75) is 32.9 Å². The third kappa shape index (κ3) is 5.94. The van der Waals surface area contributed by atoms with Gasteiger partial charge >= 0.3 is 0 Å². The highest BCUT2D eigenvalue weighted by molar-refractivity contribution is 8.01. The normalized spacial score (nSPS) is 11.7. The van der Waals surface area contributed by atoms with Crippen LogP contribution in [0.25, 0.3) is 0 Å². The Hall–Kier alpha value is -2.27. The minimum atomic E-state index is -0.314. The molecule has 0 heterocycles. The van der Waals surface area contributed by atoms with Gasteiger partial charge in [-0.15, -0.1) is 11.8 Å². The van der Waals surface area contributed by atoms with E-state index in [1.54, 1.807) is 6.92 Å². The molecular weight excluding hydrogens is 332 g/mol. The topological polar surface area (TPSA) is 58.2 Å². The van der Waals surface area contributed by atoms with Crippen LogP contribution in [-0.4, -0.2) is 22.8 Å². The monoisotopic (exact) mass is 356 g/mol. The first-order valence-electron chi connectivity index (χ1n) is 8.21. The Balaban J connectivity index is 1.81. The molecular formula is C20H24N2O2S. The van der Waals surface area contributed by atoms with Crippen molar-refractivity contribution in [2.24, 2.45) is 0 Å². The van der Waals surface area contributed by atoms with Gasteiger partial charge in [0.05, 0.1) is 11.0 Å². The summed E-state index contributed by atoms with van der Waals surface area (Å²) in [5.74, 6) is 0.0196. The van der Waals surface area contributed by atoms with Crippen LogP contribution in [0.4, 0.5) is 11.4 Å². The first-order valence-corrected chi connectivity index (χ1v) is 9.26. The van der Waals surface area contributed by atoms with Crippen molar-refractivity contribution in [1.29, 1.82) is 0 Å². The largest absolute Gasteiger partial charge is 0.325 e. The third-order valence-electron chi connectivity index (χ3n) is 3.94. The molecule has 2 aromatic carbocycles. The molecule has 0 unspecified atom stereocenters. The Morgan fingerprint density at radius 1 is 0.920 bits per heavy atom. The average molecular weight is 356 g/mol. The molecule has 0 bridgehead atoms. The standard InChI is InChI=1S/C20H24N2O2S/c1-13-5-8-17(9-6-13)21-19(23)12-25-16(4)20(24)22-18-10-7-14(2)15(3)11-18/h5-11,16H,12H2,1-4H3,(H,21,23)(H,22,24)/t16-/m0/s1. The number of carbonyl (C=O) groups is 2. The molecule has 2 amide bonds. The second-order valence-electron chi connectivity index (χ2n) is 6.16. The molecule has 0 spiro atoms. The number of carbonyl (C=O) groups excluding carboxylic acids is 2. The number of nitrogens with one attached hydrogen (secondary N) is 2. The molecule has 0 aliphatic rings. The van der Waals surface area contributed by atoms with E-state index < -0.39 is 0 Å². The number of hydrogen-bond donors (Lipinski definition) is 2. The highest BCUT2D eigenvalue weighted by Crippen LogP contribution is 2.18. The number of thioether (sulfide) groups is 1. The summed E-state index contributed by atoms with van der Waals surface area (Å²) in [7, 11) is 0. The van der Waals surface area contributed by atoms with E-state index in [9.17, 15) is 9.59 Å². The van der Waals surface area contributed by atoms with Crippen LogP contribution in [0.2, 0.25) is 0 Å². The van der Waals surface area contributed by atoms with Crippen LogP contribution in [-0.2, 0) is 9.59 Å². The van der Waals surface area contributed by atoms with Gasteiger partial charge in [-0.05, 0) is 63.1 Å². The lowest BCUT2D eigenvalue weighted by Gasteiger charge is -2.13. The zero-order chi connectivity index (χ0) is 18.4. The Morgan fingerprint density at radius 2 is 1.56 bits per heavy atom. The predicted molar refractivity (Wildman–Crippen MR) is 106 cm³/mol. The lowest BCUT2D eigenvalue weighted by molar-refractivity contribution is -0.115. The molecule has 0 saturated heterocycles. The molecule has 0 aliphatic carbocycles. The summed E-state index contributed by atoms with van der Waals surface area (Å²) >= 11 is 1.32. The summed E-state index contributed by atoms with van der Waals surface area (Å²) in [6.07, 6.45) is 0. The number of hydrogen-bond acceptors (Lipinski definition) is 3. The van der Waals surface area contributed by atoms with Gasteiger partial charge in [-0.25, -0.2) is 0 Å². The van der Waals surface area contributed by atoms with Crippen molar-refractivity contribution in [3.63, 3.8) is 0 Å². The van der Waals surface area contributed by atoms with Gasteiger partial charge in [0, 0.05) is 11.4 Å². The molecule has 0 aromatic heterocycles. The Labute approximate surface area is 153 Å². The summed E-state index contributed by atoms with van der Waals surface area (Å²) < 4.78 is 0. The third-order valence-corrected chi connectivity index (χ3v) is 5.09. The van der Waals surface area contributed by atoms with E-state index in [0.29, 0.717) is 0 Å².